The zero-order valence-electron chi connectivity index (χ0n) is 16.4. The van der Waals surface area contributed by atoms with Gasteiger partial charge in [-0.3, -0.25) is 9.59 Å². The number of nitrogens with zero attached hydrogens (tertiary/aromatic N) is 3. The number of piperazine rings is 1. The normalized spacial score (nSPS) is 15.0. The van der Waals surface area contributed by atoms with Crippen LogP contribution in [-0.2, 0) is 6.54 Å². The fourth-order valence-electron chi connectivity index (χ4n) is 3.52. The number of hydrogen-bond acceptors (Lipinski definition) is 5. The van der Waals surface area contributed by atoms with Crippen molar-refractivity contribution in [3.05, 3.63) is 46.4 Å². The van der Waals surface area contributed by atoms with Crippen molar-refractivity contribution in [2.24, 2.45) is 0 Å². The van der Waals surface area contributed by atoms with Crippen molar-refractivity contribution >= 4 is 17.5 Å². The van der Waals surface area contributed by atoms with Crippen LogP contribution in [0.3, 0.4) is 0 Å². The number of ketones is 1. The summed E-state index contributed by atoms with van der Waals surface area (Å²) in [4.78, 5) is 36.4. The van der Waals surface area contributed by atoms with E-state index in [1.54, 1.807) is 6.92 Å². The highest BCUT2D eigenvalue weighted by molar-refractivity contribution is 6.02. The van der Waals surface area contributed by atoms with Crippen molar-refractivity contribution in [3.63, 3.8) is 0 Å². The van der Waals surface area contributed by atoms with E-state index in [9.17, 15) is 9.59 Å². The van der Waals surface area contributed by atoms with E-state index in [1.165, 1.54) is 6.92 Å². The van der Waals surface area contributed by atoms with Crippen LogP contribution in [0.1, 0.15) is 44.6 Å². The van der Waals surface area contributed by atoms with Gasteiger partial charge < -0.3 is 20.1 Å². The van der Waals surface area contributed by atoms with Gasteiger partial charge in [-0.05, 0) is 45.0 Å². The molecule has 1 amide bonds. The molecule has 0 aromatic carbocycles. The first-order valence-electron chi connectivity index (χ1n) is 9.23. The number of aryl methyl sites for hydroxylation is 1. The monoisotopic (exact) mass is 369 g/mol. The molecule has 0 saturated carbocycles. The van der Waals surface area contributed by atoms with Gasteiger partial charge in [-0.25, -0.2) is 4.98 Å². The third kappa shape index (κ3) is 4.19. The topological polar surface area (TPSA) is 81.3 Å². The molecule has 1 fully saturated rings. The van der Waals surface area contributed by atoms with Gasteiger partial charge >= 0.3 is 0 Å². The standard InChI is InChI=1S/C20H27N5O2/c1-13-18(15(3)26)14(2)23-19(13)20(27)22-12-16-5-6-17(21-11-16)25-9-7-24(4)8-10-25/h5-6,11,23H,7-10,12H2,1-4H3,(H,22,27). The number of hydrogen-bond donors (Lipinski definition) is 2. The predicted molar refractivity (Wildman–Crippen MR) is 105 cm³/mol. The molecule has 2 aromatic heterocycles. The van der Waals surface area contributed by atoms with E-state index in [0.717, 1.165) is 43.3 Å². The summed E-state index contributed by atoms with van der Waals surface area (Å²) in [5.41, 5.74) is 3.40. The van der Waals surface area contributed by atoms with Gasteiger partial charge in [-0.15, -0.1) is 0 Å². The number of rotatable bonds is 5. The van der Waals surface area contributed by atoms with E-state index in [2.05, 4.69) is 32.1 Å². The Kier molecular flexibility index (Phi) is 5.60. The van der Waals surface area contributed by atoms with E-state index in [0.29, 0.717) is 23.4 Å². The van der Waals surface area contributed by atoms with Crippen LogP contribution >= 0.6 is 0 Å². The van der Waals surface area contributed by atoms with E-state index in [1.807, 2.05) is 25.3 Å². The predicted octanol–water partition coefficient (Wildman–Crippen LogP) is 1.91. The first-order valence-corrected chi connectivity index (χ1v) is 9.23. The van der Waals surface area contributed by atoms with Crippen molar-refractivity contribution < 1.29 is 9.59 Å². The molecule has 0 atom stereocenters. The van der Waals surface area contributed by atoms with E-state index in [4.69, 9.17) is 0 Å². The summed E-state index contributed by atoms with van der Waals surface area (Å²) in [7, 11) is 2.13. The molecule has 0 spiro atoms. The zero-order chi connectivity index (χ0) is 19.6. The summed E-state index contributed by atoms with van der Waals surface area (Å²) in [5, 5.41) is 2.90. The van der Waals surface area contributed by atoms with Crippen molar-refractivity contribution in [1.82, 2.24) is 20.2 Å². The molecule has 7 nitrogen and oxygen atoms in total. The number of amides is 1. The Balaban J connectivity index is 1.61. The van der Waals surface area contributed by atoms with Crippen LogP contribution in [0.2, 0.25) is 0 Å². The highest BCUT2D eigenvalue weighted by atomic mass is 16.2. The fourth-order valence-corrected chi connectivity index (χ4v) is 3.52. The maximum Gasteiger partial charge on any atom is 0.268 e. The second-order valence-corrected chi connectivity index (χ2v) is 7.18. The number of carbonyl (C=O) groups excluding carboxylic acids is 2. The second-order valence-electron chi connectivity index (χ2n) is 7.18. The van der Waals surface area contributed by atoms with Crippen molar-refractivity contribution in [3.8, 4) is 0 Å². The van der Waals surface area contributed by atoms with Crippen LogP contribution < -0.4 is 10.2 Å². The van der Waals surface area contributed by atoms with Gasteiger partial charge in [-0.1, -0.05) is 6.07 Å². The Morgan fingerprint density at radius 3 is 2.44 bits per heavy atom. The largest absolute Gasteiger partial charge is 0.354 e. The van der Waals surface area contributed by atoms with Gasteiger partial charge in [0.15, 0.2) is 5.78 Å². The second kappa shape index (κ2) is 7.92. The third-order valence-electron chi connectivity index (χ3n) is 5.11. The van der Waals surface area contributed by atoms with E-state index < -0.39 is 0 Å². The van der Waals surface area contributed by atoms with Crippen LogP contribution in [0.25, 0.3) is 0 Å². The summed E-state index contributed by atoms with van der Waals surface area (Å²) >= 11 is 0. The summed E-state index contributed by atoms with van der Waals surface area (Å²) in [6.07, 6.45) is 1.81. The molecule has 1 saturated heterocycles. The highest BCUT2D eigenvalue weighted by Gasteiger charge is 2.19. The molecule has 0 unspecified atom stereocenters. The molecular weight excluding hydrogens is 342 g/mol. The van der Waals surface area contributed by atoms with Crippen molar-refractivity contribution in [2.75, 3.05) is 38.1 Å². The van der Waals surface area contributed by atoms with Crippen LogP contribution in [0, 0.1) is 13.8 Å². The SMILES string of the molecule is CC(=O)c1c(C)[nH]c(C(=O)NCc2ccc(N3CCN(C)CC3)nc2)c1C. The minimum absolute atomic E-state index is 0.0380. The van der Waals surface area contributed by atoms with Gasteiger partial charge in [0.1, 0.15) is 11.5 Å². The Morgan fingerprint density at radius 1 is 1.19 bits per heavy atom. The molecular formula is C20H27N5O2. The molecule has 0 aliphatic carbocycles. The molecule has 0 radical (unpaired) electrons. The lowest BCUT2D eigenvalue weighted by atomic mass is 10.1. The molecule has 0 bridgehead atoms. The maximum absolute atomic E-state index is 12.5. The van der Waals surface area contributed by atoms with Crippen LogP contribution in [-0.4, -0.2) is 59.8 Å². The van der Waals surface area contributed by atoms with E-state index in [-0.39, 0.29) is 11.7 Å². The lowest BCUT2D eigenvalue weighted by Gasteiger charge is -2.33. The number of Topliss-reactive ketones (excluding diaryl/α,β-unsaturated/α-hetero) is 1. The number of carbonyl (C=O) groups is 2. The zero-order valence-corrected chi connectivity index (χ0v) is 16.4. The van der Waals surface area contributed by atoms with Crippen molar-refractivity contribution in [2.45, 2.75) is 27.3 Å². The Labute approximate surface area is 159 Å². The van der Waals surface area contributed by atoms with Gasteiger partial charge in [0.25, 0.3) is 5.91 Å². The first-order chi connectivity index (χ1) is 12.9. The molecule has 2 aromatic rings. The van der Waals surface area contributed by atoms with Gasteiger partial charge in [0.05, 0.1) is 0 Å². The Hall–Kier alpha value is -2.67. The first kappa shape index (κ1) is 19.1. The third-order valence-corrected chi connectivity index (χ3v) is 5.11. The minimum Gasteiger partial charge on any atom is -0.354 e. The Bertz CT molecular complexity index is 833. The van der Waals surface area contributed by atoms with Gasteiger partial charge in [0, 0.05) is 50.2 Å². The quantitative estimate of drug-likeness (QED) is 0.787. The van der Waals surface area contributed by atoms with E-state index >= 15 is 0 Å². The lowest BCUT2D eigenvalue weighted by molar-refractivity contribution is 0.0945. The summed E-state index contributed by atoms with van der Waals surface area (Å²) < 4.78 is 0. The smallest absolute Gasteiger partial charge is 0.268 e. The summed E-state index contributed by atoms with van der Waals surface area (Å²) in [6, 6.07) is 4.00. The number of H-pyrrole nitrogens is 1. The number of pyridine rings is 1. The molecule has 3 rings (SSSR count). The molecule has 1 aliphatic rings. The Morgan fingerprint density at radius 2 is 1.89 bits per heavy atom. The van der Waals surface area contributed by atoms with Gasteiger partial charge in [0.2, 0.25) is 0 Å². The lowest BCUT2D eigenvalue weighted by Crippen LogP contribution is -2.44. The number of aromatic nitrogens is 2. The maximum atomic E-state index is 12.5. The van der Waals surface area contributed by atoms with Crippen LogP contribution in [0.5, 0.6) is 0 Å². The highest BCUT2D eigenvalue weighted by Crippen LogP contribution is 2.19. The number of nitrogens with one attached hydrogen (secondary N) is 2. The average Bonchev–Trinajstić information content (AvgIpc) is 2.95. The number of anilines is 1. The molecule has 27 heavy (non-hydrogen) atoms. The fraction of sp³-hybridized carbons (Fsp3) is 0.450. The summed E-state index contributed by atoms with van der Waals surface area (Å²) in [6.45, 7) is 9.53. The molecule has 3 heterocycles. The molecule has 2 N–H and O–H groups in total. The van der Waals surface area contributed by atoms with Crippen LogP contribution in [0.15, 0.2) is 18.3 Å². The molecule has 7 heteroatoms. The van der Waals surface area contributed by atoms with Crippen molar-refractivity contribution in [1.29, 1.82) is 0 Å². The molecule has 144 valence electrons. The average molecular weight is 369 g/mol. The number of aromatic amines is 1. The van der Waals surface area contributed by atoms with Gasteiger partial charge in [-0.2, -0.15) is 0 Å². The minimum atomic E-state index is -0.216. The van der Waals surface area contributed by atoms with Crippen LogP contribution in [0.4, 0.5) is 5.82 Å². The molecule has 1 aliphatic heterocycles. The number of likely N-dealkylation sites (N-methyl/N-ethyl adjacent to an activating group) is 1. The summed E-state index contributed by atoms with van der Waals surface area (Å²) in [5.74, 6) is 0.718.